The second-order valence-corrected chi connectivity index (χ2v) is 7.06. The number of nitrogens with zero attached hydrogens (tertiary/aromatic N) is 2. The van der Waals surface area contributed by atoms with Crippen molar-refractivity contribution in [1.29, 1.82) is 0 Å². The lowest BCUT2D eigenvalue weighted by Crippen LogP contribution is -2.44. The zero-order chi connectivity index (χ0) is 18.5. The molecule has 2 aromatic rings. The van der Waals surface area contributed by atoms with Gasteiger partial charge in [-0.3, -0.25) is 4.79 Å². The van der Waals surface area contributed by atoms with Crippen LogP contribution in [-0.2, 0) is 17.8 Å². The summed E-state index contributed by atoms with van der Waals surface area (Å²) in [5.41, 5.74) is 2.87. The van der Waals surface area contributed by atoms with Crippen molar-refractivity contribution < 1.29 is 14.1 Å². The maximum Gasteiger partial charge on any atom is 0.227 e. The second-order valence-electron chi connectivity index (χ2n) is 7.06. The van der Waals surface area contributed by atoms with Crippen molar-refractivity contribution in [2.24, 2.45) is 0 Å². The van der Waals surface area contributed by atoms with Gasteiger partial charge < -0.3 is 14.2 Å². The molecule has 1 atom stereocenters. The molecule has 1 amide bonds. The number of rotatable bonds is 6. The van der Waals surface area contributed by atoms with Gasteiger partial charge in [0.2, 0.25) is 5.91 Å². The summed E-state index contributed by atoms with van der Waals surface area (Å²) in [5, 5.41) is 3.94. The Morgan fingerprint density at radius 3 is 2.69 bits per heavy atom. The van der Waals surface area contributed by atoms with Crippen LogP contribution in [0.2, 0.25) is 0 Å². The van der Waals surface area contributed by atoms with E-state index in [-0.39, 0.29) is 5.91 Å². The first-order valence-corrected chi connectivity index (χ1v) is 9.51. The lowest BCUT2D eigenvalue weighted by Gasteiger charge is -2.35. The summed E-state index contributed by atoms with van der Waals surface area (Å²) < 4.78 is 11.0. The first kappa shape index (κ1) is 18.5. The zero-order valence-corrected chi connectivity index (χ0v) is 16.0. The fourth-order valence-electron chi connectivity index (χ4n) is 3.60. The van der Waals surface area contributed by atoms with Crippen LogP contribution in [0.15, 0.2) is 28.8 Å². The van der Waals surface area contributed by atoms with Crippen LogP contribution in [0.5, 0.6) is 5.75 Å². The Balaban J connectivity index is 1.56. The number of hydrogen-bond acceptors (Lipinski definition) is 4. The minimum absolute atomic E-state index is 0.237. The Kier molecular flexibility index (Phi) is 5.96. The molecule has 0 N–H and O–H groups in total. The van der Waals surface area contributed by atoms with E-state index in [1.165, 1.54) is 6.42 Å². The average Bonchev–Trinajstić information content (AvgIpc) is 2.99. The molecule has 5 nitrogen and oxygen atoms in total. The van der Waals surface area contributed by atoms with Crippen molar-refractivity contribution in [3.05, 3.63) is 46.8 Å². The number of amides is 1. The summed E-state index contributed by atoms with van der Waals surface area (Å²) in [5.74, 6) is 1.81. The Hall–Kier alpha value is -2.30. The number of benzene rings is 1. The lowest BCUT2D eigenvalue weighted by molar-refractivity contribution is -0.134. The minimum Gasteiger partial charge on any atom is -0.489 e. The SMILES string of the molecule is CCC1CCCCN1C(=O)Cc1ccc(OCc2c(C)noc2C)cc1. The largest absolute Gasteiger partial charge is 0.489 e. The molecule has 0 aliphatic carbocycles. The molecule has 1 aliphatic heterocycles. The molecule has 1 aromatic carbocycles. The molecule has 0 radical (unpaired) electrons. The van der Waals surface area contributed by atoms with Crippen LogP contribution in [0.4, 0.5) is 0 Å². The molecule has 26 heavy (non-hydrogen) atoms. The Bertz CT molecular complexity index is 717. The van der Waals surface area contributed by atoms with Gasteiger partial charge in [-0.1, -0.05) is 24.2 Å². The van der Waals surface area contributed by atoms with Crippen LogP contribution in [0.25, 0.3) is 0 Å². The van der Waals surface area contributed by atoms with Gasteiger partial charge >= 0.3 is 0 Å². The molecule has 0 spiro atoms. The Labute approximate surface area is 155 Å². The number of hydrogen-bond donors (Lipinski definition) is 0. The fourth-order valence-corrected chi connectivity index (χ4v) is 3.60. The normalized spacial score (nSPS) is 17.3. The van der Waals surface area contributed by atoms with E-state index in [1.807, 2.05) is 38.1 Å². The number of carbonyl (C=O) groups excluding carboxylic acids is 1. The second kappa shape index (κ2) is 8.39. The predicted octanol–water partition coefficient (Wildman–Crippen LogP) is 4.20. The number of likely N-dealkylation sites (tertiary alicyclic amines) is 1. The van der Waals surface area contributed by atoms with Gasteiger partial charge in [0.05, 0.1) is 17.7 Å². The van der Waals surface area contributed by atoms with E-state index < -0.39 is 0 Å². The van der Waals surface area contributed by atoms with E-state index in [2.05, 4.69) is 17.0 Å². The highest BCUT2D eigenvalue weighted by atomic mass is 16.5. The van der Waals surface area contributed by atoms with E-state index >= 15 is 0 Å². The monoisotopic (exact) mass is 356 g/mol. The molecule has 3 rings (SSSR count). The van der Waals surface area contributed by atoms with Crippen LogP contribution in [0.3, 0.4) is 0 Å². The maximum atomic E-state index is 12.7. The number of carbonyl (C=O) groups is 1. The van der Waals surface area contributed by atoms with Crippen molar-refractivity contribution in [2.45, 2.75) is 65.5 Å². The molecule has 1 unspecified atom stereocenters. The van der Waals surface area contributed by atoms with Crippen LogP contribution in [-0.4, -0.2) is 28.6 Å². The van der Waals surface area contributed by atoms with Gasteiger partial charge in [-0.05, 0) is 57.2 Å². The zero-order valence-electron chi connectivity index (χ0n) is 16.0. The van der Waals surface area contributed by atoms with Gasteiger partial charge in [0.15, 0.2) is 0 Å². The van der Waals surface area contributed by atoms with Crippen molar-refractivity contribution in [1.82, 2.24) is 10.1 Å². The summed E-state index contributed by atoms with van der Waals surface area (Å²) >= 11 is 0. The fraction of sp³-hybridized carbons (Fsp3) is 0.524. The molecular formula is C21H28N2O3. The van der Waals surface area contributed by atoms with Crippen molar-refractivity contribution in [3.63, 3.8) is 0 Å². The summed E-state index contributed by atoms with van der Waals surface area (Å²) in [6.07, 6.45) is 4.99. The number of aromatic nitrogens is 1. The van der Waals surface area contributed by atoms with E-state index in [9.17, 15) is 4.79 Å². The standard InChI is InChI=1S/C21H28N2O3/c1-4-18-7-5-6-12-23(18)21(24)13-17-8-10-19(11-9-17)25-14-20-15(2)22-26-16(20)3/h8-11,18H,4-7,12-14H2,1-3H3. The van der Waals surface area contributed by atoms with Gasteiger partial charge in [0.1, 0.15) is 18.1 Å². The first-order valence-electron chi connectivity index (χ1n) is 9.51. The topological polar surface area (TPSA) is 55.6 Å². The smallest absolute Gasteiger partial charge is 0.227 e. The lowest BCUT2D eigenvalue weighted by atomic mass is 9.99. The van der Waals surface area contributed by atoms with E-state index in [1.54, 1.807) is 0 Å². The molecule has 1 fully saturated rings. The molecule has 2 heterocycles. The van der Waals surface area contributed by atoms with E-state index in [4.69, 9.17) is 9.26 Å². The van der Waals surface area contributed by atoms with Gasteiger partial charge in [-0.15, -0.1) is 0 Å². The van der Waals surface area contributed by atoms with E-state index in [0.29, 0.717) is 19.1 Å². The summed E-state index contributed by atoms with van der Waals surface area (Å²) in [7, 11) is 0. The quantitative estimate of drug-likeness (QED) is 0.778. The van der Waals surface area contributed by atoms with Crippen molar-refractivity contribution >= 4 is 5.91 Å². The van der Waals surface area contributed by atoms with Gasteiger partial charge in [-0.2, -0.15) is 0 Å². The predicted molar refractivity (Wildman–Crippen MR) is 100 cm³/mol. The van der Waals surface area contributed by atoms with Crippen LogP contribution in [0, 0.1) is 13.8 Å². The average molecular weight is 356 g/mol. The summed E-state index contributed by atoms with van der Waals surface area (Å²) in [6.45, 7) is 7.30. The van der Waals surface area contributed by atoms with Gasteiger partial charge in [0.25, 0.3) is 0 Å². The molecular weight excluding hydrogens is 328 g/mol. The number of ether oxygens (including phenoxy) is 1. The summed E-state index contributed by atoms with van der Waals surface area (Å²) in [4.78, 5) is 14.7. The molecule has 5 heteroatoms. The van der Waals surface area contributed by atoms with Crippen molar-refractivity contribution in [2.75, 3.05) is 6.54 Å². The maximum absolute atomic E-state index is 12.7. The number of piperidine rings is 1. The molecule has 1 saturated heterocycles. The number of aryl methyl sites for hydroxylation is 2. The van der Waals surface area contributed by atoms with E-state index in [0.717, 1.165) is 54.1 Å². The van der Waals surface area contributed by atoms with Crippen LogP contribution in [0.1, 0.15) is 55.2 Å². The van der Waals surface area contributed by atoms with Crippen LogP contribution >= 0.6 is 0 Å². The summed E-state index contributed by atoms with van der Waals surface area (Å²) in [6, 6.07) is 8.22. The highest BCUT2D eigenvalue weighted by Crippen LogP contribution is 2.22. The van der Waals surface area contributed by atoms with Crippen LogP contribution < -0.4 is 4.74 Å². The third-order valence-corrected chi connectivity index (χ3v) is 5.26. The third kappa shape index (κ3) is 4.26. The molecule has 0 saturated carbocycles. The highest BCUT2D eigenvalue weighted by molar-refractivity contribution is 5.79. The molecule has 1 aliphatic rings. The third-order valence-electron chi connectivity index (χ3n) is 5.26. The molecule has 1 aromatic heterocycles. The molecule has 0 bridgehead atoms. The Morgan fingerprint density at radius 2 is 2.04 bits per heavy atom. The van der Waals surface area contributed by atoms with Gasteiger partial charge in [0, 0.05) is 12.6 Å². The minimum atomic E-state index is 0.237. The first-order chi connectivity index (χ1) is 12.6. The molecule has 140 valence electrons. The van der Waals surface area contributed by atoms with Crippen molar-refractivity contribution in [3.8, 4) is 5.75 Å². The van der Waals surface area contributed by atoms with Gasteiger partial charge in [-0.25, -0.2) is 0 Å². The highest BCUT2D eigenvalue weighted by Gasteiger charge is 2.25. The Morgan fingerprint density at radius 1 is 1.27 bits per heavy atom.